The third-order valence-corrected chi connectivity index (χ3v) is 2.09. The van der Waals surface area contributed by atoms with Gasteiger partial charge in [-0.2, -0.15) is 0 Å². The number of hydrogen-bond donors (Lipinski definition) is 1. The van der Waals surface area contributed by atoms with E-state index in [-0.39, 0.29) is 6.10 Å². The Morgan fingerprint density at radius 3 is 2.67 bits per heavy atom. The van der Waals surface area contributed by atoms with Gasteiger partial charge in [-0.1, -0.05) is 30.3 Å². The van der Waals surface area contributed by atoms with Crippen LogP contribution in [0.4, 0.5) is 0 Å². The van der Waals surface area contributed by atoms with Gasteiger partial charge in [-0.15, -0.1) is 0 Å². The predicted molar refractivity (Wildman–Crippen MR) is 50.9 cm³/mol. The van der Waals surface area contributed by atoms with Gasteiger partial charge in [0, 0.05) is 0 Å². The van der Waals surface area contributed by atoms with Gasteiger partial charge >= 0.3 is 0 Å². The van der Waals surface area contributed by atoms with E-state index >= 15 is 0 Å². The molecule has 1 fully saturated rings. The van der Waals surface area contributed by atoms with Gasteiger partial charge in [0.25, 0.3) is 5.17 Å². The standard InChI is InChI=1S/C9H9NOS/c12-9-10-6-8(11-9)7-4-2-1-3-5-7/h1-5,8H,6H2,(H,10,12)/t8-/m1/s1. The molecule has 0 amide bonds. The van der Waals surface area contributed by atoms with Gasteiger partial charge in [0.05, 0.1) is 6.54 Å². The molecule has 62 valence electrons. The highest BCUT2D eigenvalue weighted by Gasteiger charge is 2.20. The van der Waals surface area contributed by atoms with Crippen molar-refractivity contribution in [3.05, 3.63) is 35.9 Å². The lowest BCUT2D eigenvalue weighted by Crippen LogP contribution is -2.12. The summed E-state index contributed by atoms with van der Waals surface area (Å²) in [7, 11) is 0. The largest absolute Gasteiger partial charge is 0.461 e. The van der Waals surface area contributed by atoms with E-state index in [1.54, 1.807) is 0 Å². The van der Waals surface area contributed by atoms with Crippen molar-refractivity contribution in [1.29, 1.82) is 0 Å². The van der Waals surface area contributed by atoms with Crippen LogP contribution in [-0.2, 0) is 4.74 Å². The molecule has 0 unspecified atom stereocenters. The summed E-state index contributed by atoms with van der Waals surface area (Å²) in [6, 6.07) is 10.1. The van der Waals surface area contributed by atoms with Crippen LogP contribution >= 0.6 is 12.2 Å². The average Bonchev–Trinajstić information content (AvgIpc) is 2.54. The van der Waals surface area contributed by atoms with Crippen molar-refractivity contribution in [2.45, 2.75) is 6.10 Å². The van der Waals surface area contributed by atoms with Gasteiger partial charge in [0.15, 0.2) is 0 Å². The molecule has 12 heavy (non-hydrogen) atoms. The Hall–Kier alpha value is -1.09. The minimum atomic E-state index is 0.0960. The third-order valence-electron chi connectivity index (χ3n) is 1.85. The molecule has 1 aromatic rings. The Kier molecular flexibility index (Phi) is 1.96. The van der Waals surface area contributed by atoms with Gasteiger partial charge in [-0.05, 0) is 17.8 Å². The first-order chi connectivity index (χ1) is 5.86. The van der Waals surface area contributed by atoms with Gasteiger partial charge in [-0.25, -0.2) is 0 Å². The number of ether oxygens (including phenoxy) is 1. The zero-order valence-corrected chi connectivity index (χ0v) is 7.30. The van der Waals surface area contributed by atoms with Crippen LogP contribution in [0.25, 0.3) is 0 Å². The summed E-state index contributed by atoms with van der Waals surface area (Å²) >= 11 is 4.86. The molecule has 3 heteroatoms. The van der Waals surface area contributed by atoms with Gasteiger partial charge in [-0.3, -0.25) is 0 Å². The van der Waals surface area contributed by atoms with Gasteiger partial charge in [0.1, 0.15) is 6.10 Å². The maximum absolute atomic E-state index is 5.37. The zero-order valence-electron chi connectivity index (χ0n) is 6.49. The van der Waals surface area contributed by atoms with Crippen molar-refractivity contribution in [3.63, 3.8) is 0 Å². The number of rotatable bonds is 1. The number of nitrogens with one attached hydrogen (secondary N) is 1. The molecule has 1 atom stereocenters. The number of hydrogen-bond acceptors (Lipinski definition) is 2. The van der Waals surface area contributed by atoms with Crippen LogP contribution in [0.15, 0.2) is 30.3 Å². The third kappa shape index (κ3) is 1.41. The molecule has 0 radical (unpaired) electrons. The Morgan fingerprint density at radius 2 is 2.08 bits per heavy atom. The molecule has 1 aromatic carbocycles. The van der Waals surface area contributed by atoms with Crippen molar-refractivity contribution >= 4 is 17.4 Å². The molecule has 0 aliphatic carbocycles. The summed E-state index contributed by atoms with van der Waals surface area (Å²) in [4.78, 5) is 0. The van der Waals surface area contributed by atoms with E-state index < -0.39 is 0 Å². The second kappa shape index (κ2) is 3.11. The van der Waals surface area contributed by atoms with Crippen LogP contribution < -0.4 is 5.32 Å². The van der Waals surface area contributed by atoms with Gasteiger partial charge in [0.2, 0.25) is 0 Å². The molecule has 1 aliphatic rings. The highest BCUT2D eigenvalue weighted by atomic mass is 32.1. The maximum Gasteiger partial charge on any atom is 0.257 e. The highest BCUT2D eigenvalue weighted by Crippen LogP contribution is 2.19. The van der Waals surface area contributed by atoms with Crippen LogP contribution in [0.2, 0.25) is 0 Å². The average molecular weight is 179 g/mol. The number of thiocarbonyl (C=S) groups is 1. The molecular weight excluding hydrogens is 170 g/mol. The molecule has 0 aromatic heterocycles. The van der Waals surface area contributed by atoms with Crippen molar-refractivity contribution in [3.8, 4) is 0 Å². The minimum Gasteiger partial charge on any atom is -0.461 e. The van der Waals surface area contributed by atoms with Crippen LogP contribution in [-0.4, -0.2) is 11.7 Å². The summed E-state index contributed by atoms with van der Waals surface area (Å²) < 4.78 is 5.37. The SMILES string of the molecule is S=C1NC[C@H](c2ccccc2)O1. The zero-order chi connectivity index (χ0) is 8.39. The quantitative estimate of drug-likeness (QED) is 0.662. The lowest BCUT2D eigenvalue weighted by Gasteiger charge is -2.07. The monoisotopic (exact) mass is 179 g/mol. The van der Waals surface area contributed by atoms with Crippen molar-refractivity contribution < 1.29 is 4.74 Å². The van der Waals surface area contributed by atoms with E-state index in [2.05, 4.69) is 5.32 Å². The topological polar surface area (TPSA) is 21.3 Å². The Balaban J connectivity index is 2.16. The van der Waals surface area contributed by atoms with Crippen LogP contribution in [0.1, 0.15) is 11.7 Å². The second-order valence-electron chi connectivity index (χ2n) is 2.69. The normalized spacial score (nSPS) is 21.7. The fourth-order valence-electron chi connectivity index (χ4n) is 1.24. The fraction of sp³-hybridized carbons (Fsp3) is 0.222. The molecule has 0 spiro atoms. The molecule has 0 bridgehead atoms. The van der Waals surface area contributed by atoms with Crippen LogP contribution in [0, 0.1) is 0 Å². The fourth-order valence-corrected chi connectivity index (χ4v) is 1.44. The highest BCUT2D eigenvalue weighted by molar-refractivity contribution is 7.80. The summed E-state index contributed by atoms with van der Waals surface area (Å²) in [5.74, 6) is 0. The molecule has 1 N–H and O–H groups in total. The molecular formula is C9H9NOS. The van der Waals surface area contributed by atoms with Crippen LogP contribution in [0.3, 0.4) is 0 Å². The molecule has 1 saturated heterocycles. The first-order valence-electron chi connectivity index (χ1n) is 3.86. The van der Waals surface area contributed by atoms with E-state index in [9.17, 15) is 0 Å². The first-order valence-corrected chi connectivity index (χ1v) is 4.26. The lowest BCUT2D eigenvalue weighted by molar-refractivity contribution is 0.241. The minimum absolute atomic E-state index is 0.0960. The van der Waals surface area contributed by atoms with Crippen molar-refractivity contribution in [1.82, 2.24) is 5.32 Å². The van der Waals surface area contributed by atoms with Crippen LogP contribution in [0.5, 0.6) is 0 Å². The summed E-state index contributed by atoms with van der Waals surface area (Å²) in [5, 5.41) is 3.48. The first kappa shape index (κ1) is 7.55. The Morgan fingerprint density at radius 1 is 1.33 bits per heavy atom. The Labute approximate surface area is 76.5 Å². The molecule has 2 nitrogen and oxygen atoms in total. The summed E-state index contributed by atoms with van der Waals surface area (Å²) in [6.45, 7) is 0.781. The van der Waals surface area contributed by atoms with E-state index in [0.717, 1.165) is 6.54 Å². The van der Waals surface area contributed by atoms with E-state index in [1.165, 1.54) is 5.56 Å². The molecule has 0 saturated carbocycles. The van der Waals surface area contributed by atoms with E-state index in [4.69, 9.17) is 17.0 Å². The molecule has 1 heterocycles. The molecule has 2 rings (SSSR count). The van der Waals surface area contributed by atoms with Crippen molar-refractivity contribution in [2.75, 3.05) is 6.54 Å². The lowest BCUT2D eigenvalue weighted by atomic mass is 10.1. The summed E-state index contributed by atoms with van der Waals surface area (Å²) in [6.07, 6.45) is 0.0960. The smallest absolute Gasteiger partial charge is 0.257 e. The predicted octanol–water partition coefficient (Wildman–Crippen LogP) is 1.63. The summed E-state index contributed by atoms with van der Waals surface area (Å²) in [5.41, 5.74) is 1.17. The van der Waals surface area contributed by atoms with E-state index in [0.29, 0.717) is 5.17 Å². The maximum atomic E-state index is 5.37. The van der Waals surface area contributed by atoms with Crippen molar-refractivity contribution in [2.24, 2.45) is 0 Å². The van der Waals surface area contributed by atoms with Gasteiger partial charge < -0.3 is 10.1 Å². The Bertz CT molecular complexity index is 286. The van der Waals surface area contributed by atoms with E-state index in [1.807, 2.05) is 30.3 Å². The second-order valence-corrected chi connectivity index (χ2v) is 3.06. The number of benzene rings is 1. The molecule has 1 aliphatic heterocycles.